The van der Waals surface area contributed by atoms with Gasteiger partial charge in [0.15, 0.2) is 0 Å². The third-order valence-corrected chi connectivity index (χ3v) is 20.1. The Morgan fingerprint density at radius 2 is 0.505 bits per heavy atom. The van der Waals surface area contributed by atoms with Crippen LogP contribution in [-0.2, 0) is 14.3 Å². The second-order valence-electron chi connectivity index (χ2n) is 29.5. The Bertz CT molecular complexity index is 1510. The van der Waals surface area contributed by atoms with Crippen molar-refractivity contribution in [2.45, 2.75) is 495 Å². The van der Waals surface area contributed by atoms with E-state index in [1.165, 1.54) is 411 Å². The van der Waals surface area contributed by atoms with Crippen molar-refractivity contribution in [2.24, 2.45) is 0 Å². The van der Waals surface area contributed by atoms with Gasteiger partial charge in [-0.05, 0) is 83.5 Å². The van der Waals surface area contributed by atoms with Gasteiger partial charge < -0.3 is 20.3 Å². The molecule has 0 rings (SSSR count). The molecule has 0 aliphatic carbocycles. The molecule has 1 amide bonds. The number of carbonyl (C=O) groups excluding carboxylic acids is 2. The number of ether oxygens (including phenoxy) is 1. The average molecular weight is 1310 g/mol. The van der Waals surface area contributed by atoms with Crippen molar-refractivity contribution in [2.75, 3.05) is 13.2 Å². The minimum atomic E-state index is -0.843. The molecule has 550 valence electrons. The number of unbranched alkanes of at least 4 members (excludes halogenated alkanes) is 66. The summed E-state index contributed by atoms with van der Waals surface area (Å²) in [5.41, 5.74) is 0. The van der Waals surface area contributed by atoms with Gasteiger partial charge in [-0.1, -0.05) is 423 Å². The van der Waals surface area contributed by atoms with Crippen LogP contribution in [0.2, 0.25) is 0 Å². The van der Waals surface area contributed by atoms with Crippen LogP contribution in [0.4, 0.5) is 0 Å². The van der Waals surface area contributed by atoms with Gasteiger partial charge in [0.1, 0.15) is 0 Å². The van der Waals surface area contributed by atoms with E-state index in [9.17, 15) is 19.8 Å². The molecule has 0 aliphatic heterocycles. The molecule has 0 fully saturated rings. The highest BCUT2D eigenvalue weighted by Crippen LogP contribution is 2.20. The number of aliphatic hydroxyl groups is 2. The van der Waals surface area contributed by atoms with Crippen molar-refractivity contribution in [3.8, 4) is 0 Å². The van der Waals surface area contributed by atoms with Crippen molar-refractivity contribution in [3.05, 3.63) is 36.5 Å². The van der Waals surface area contributed by atoms with Crippen LogP contribution in [-0.4, -0.2) is 47.4 Å². The molecule has 2 atom stereocenters. The van der Waals surface area contributed by atoms with Crippen LogP contribution in [0.3, 0.4) is 0 Å². The lowest BCUT2D eigenvalue weighted by molar-refractivity contribution is -0.143. The Hall–Kier alpha value is -1.92. The van der Waals surface area contributed by atoms with E-state index in [2.05, 4.69) is 43.5 Å². The van der Waals surface area contributed by atoms with E-state index in [1.807, 2.05) is 6.08 Å². The van der Waals surface area contributed by atoms with Crippen LogP contribution in [0.25, 0.3) is 0 Å². The second-order valence-corrected chi connectivity index (χ2v) is 29.5. The number of esters is 1. The van der Waals surface area contributed by atoms with Crippen LogP contribution in [0.15, 0.2) is 36.5 Å². The molecule has 0 heterocycles. The highest BCUT2D eigenvalue weighted by molar-refractivity contribution is 5.76. The number of amides is 1. The van der Waals surface area contributed by atoms with Gasteiger partial charge in [0.2, 0.25) is 5.91 Å². The summed E-state index contributed by atoms with van der Waals surface area (Å²) >= 11 is 0. The Morgan fingerprint density at radius 1 is 0.290 bits per heavy atom. The summed E-state index contributed by atoms with van der Waals surface area (Å²) in [6.45, 7) is 4.95. The van der Waals surface area contributed by atoms with Gasteiger partial charge in [0.25, 0.3) is 0 Å². The maximum atomic E-state index is 12.6. The lowest BCUT2D eigenvalue weighted by Gasteiger charge is -2.20. The van der Waals surface area contributed by atoms with Gasteiger partial charge in [-0.2, -0.15) is 0 Å². The first-order chi connectivity index (χ1) is 46.0. The Balaban J connectivity index is 3.35. The van der Waals surface area contributed by atoms with Crippen molar-refractivity contribution in [1.82, 2.24) is 5.32 Å². The molecular weight excluding hydrogens is 1140 g/mol. The molecule has 2 unspecified atom stereocenters. The van der Waals surface area contributed by atoms with Crippen LogP contribution in [0.5, 0.6) is 0 Å². The normalized spacial score (nSPS) is 12.6. The minimum absolute atomic E-state index is 0.0145. The molecular formula is C87H167NO5. The summed E-state index contributed by atoms with van der Waals surface area (Å²) in [4.78, 5) is 24.6. The third-order valence-electron chi connectivity index (χ3n) is 20.1. The fourth-order valence-electron chi connectivity index (χ4n) is 13.6. The molecule has 0 aliphatic rings. The summed E-state index contributed by atoms with van der Waals surface area (Å²) in [6.07, 6.45) is 109. The molecule has 0 bridgehead atoms. The number of rotatable bonds is 81. The molecule has 0 aromatic heterocycles. The summed E-state index contributed by atoms with van der Waals surface area (Å²) in [7, 11) is 0. The average Bonchev–Trinajstić information content (AvgIpc) is 3.78. The second kappa shape index (κ2) is 82.5. The van der Waals surface area contributed by atoms with Gasteiger partial charge in [-0.3, -0.25) is 9.59 Å². The first-order valence-corrected chi connectivity index (χ1v) is 42.8. The van der Waals surface area contributed by atoms with Gasteiger partial charge in [0.05, 0.1) is 25.4 Å². The van der Waals surface area contributed by atoms with Crippen LogP contribution >= 0.6 is 0 Å². The minimum Gasteiger partial charge on any atom is -0.466 e. The maximum absolute atomic E-state index is 12.6. The summed E-state index contributed by atoms with van der Waals surface area (Å²) in [6, 6.07) is -0.626. The van der Waals surface area contributed by atoms with E-state index >= 15 is 0 Å². The molecule has 0 spiro atoms. The topological polar surface area (TPSA) is 95.9 Å². The number of carbonyl (C=O) groups is 2. The molecule has 0 aromatic rings. The predicted molar refractivity (Wildman–Crippen MR) is 412 cm³/mol. The molecule has 3 N–H and O–H groups in total. The molecule has 93 heavy (non-hydrogen) atoms. The number of allylic oxidation sites excluding steroid dienone is 5. The van der Waals surface area contributed by atoms with E-state index in [0.717, 1.165) is 44.9 Å². The largest absolute Gasteiger partial charge is 0.466 e. The quantitative estimate of drug-likeness (QED) is 0.0320. The van der Waals surface area contributed by atoms with E-state index in [-0.39, 0.29) is 18.5 Å². The van der Waals surface area contributed by atoms with E-state index in [4.69, 9.17) is 4.74 Å². The lowest BCUT2D eigenvalue weighted by Crippen LogP contribution is -2.45. The molecule has 0 aromatic carbocycles. The number of hydrogen-bond acceptors (Lipinski definition) is 5. The fraction of sp³-hybridized carbons (Fsp3) is 0.908. The Kier molecular flexibility index (Phi) is 80.8. The third kappa shape index (κ3) is 79.0. The number of aliphatic hydroxyl groups excluding tert-OH is 2. The van der Waals surface area contributed by atoms with Crippen molar-refractivity contribution in [3.63, 3.8) is 0 Å². The highest BCUT2D eigenvalue weighted by atomic mass is 16.5. The van der Waals surface area contributed by atoms with Crippen molar-refractivity contribution >= 4 is 11.9 Å². The predicted octanol–water partition coefficient (Wildman–Crippen LogP) is 28.6. The summed E-state index contributed by atoms with van der Waals surface area (Å²) < 4.78 is 5.50. The zero-order valence-electron chi connectivity index (χ0n) is 63.3. The summed E-state index contributed by atoms with van der Waals surface area (Å²) in [5, 5.41) is 23.3. The van der Waals surface area contributed by atoms with Crippen molar-refractivity contribution < 1.29 is 24.5 Å². The maximum Gasteiger partial charge on any atom is 0.305 e. The zero-order chi connectivity index (χ0) is 67.0. The zero-order valence-corrected chi connectivity index (χ0v) is 63.3. The van der Waals surface area contributed by atoms with Gasteiger partial charge in [-0.15, -0.1) is 0 Å². The smallest absolute Gasteiger partial charge is 0.305 e. The molecule has 0 saturated heterocycles. The van der Waals surface area contributed by atoms with E-state index in [0.29, 0.717) is 19.4 Å². The molecule has 6 heteroatoms. The first-order valence-electron chi connectivity index (χ1n) is 42.8. The standard InChI is InChI=1S/C87H167NO5/c1-3-5-7-9-11-13-15-17-19-20-21-22-40-43-46-49-52-55-59-63-67-71-75-79-85(90)84(83-89)88-86(91)80-76-72-68-64-60-56-53-50-47-44-41-38-36-34-32-30-28-26-24-23-25-27-29-31-33-35-37-39-42-45-48-51-54-58-62-66-70-74-78-82-93-87(92)81-77-73-69-65-61-57-18-16-14-12-10-8-6-4-2/h16,18,23-24,75,79,84-85,89-90H,3-15,17,19-22,25-74,76-78,80-83H2,1-2H3,(H,88,91)/b18-16-,24-23-,79-75+. The molecule has 0 radical (unpaired) electrons. The van der Waals surface area contributed by atoms with Crippen LogP contribution < -0.4 is 5.32 Å². The van der Waals surface area contributed by atoms with Gasteiger partial charge in [-0.25, -0.2) is 0 Å². The first kappa shape index (κ1) is 91.1. The molecule has 0 saturated carbocycles. The van der Waals surface area contributed by atoms with Gasteiger partial charge >= 0.3 is 5.97 Å². The van der Waals surface area contributed by atoms with Crippen molar-refractivity contribution in [1.29, 1.82) is 0 Å². The Labute approximate surface area is 583 Å². The Morgan fingerprint density at radius 3 is 0.763 bits per heavy atom. The van der Waals surface area contributed by atoms with Gasteiger partial charge in [0, 0.05) is 12.8 Å². The van der Waals surface area contributed by atoms with Crippen LogP contribution in [0, 0.1) is 0 Å². The monoisotopic (exact) mass is 1310 g/mol. The lowest BCUT2D eigenvalue weighted by atomic mass is 10.0. The van der Waals surface area contributed by atoms with Crippen LogP contribution in [0.1, 0.15) is 483 Å². The SMILES string of the molecule is CCCCCCC/C=C\CCCCCCCC(=O)OCCCCCCCCCCCCCCCCCCCC/C=C\CCCCCCCCCCCCCCCCCCCC(=O)NC(CO)C(O)/C=C/CCCCCCCCCCCCCCCCCCCCCCC. The number of hydrogen-bond donors (Lipinski definition) is 3. The van der Waals surface area contributed by atoms with E-state index < -0.39 is 12.1 Å². The fourth-order valence-corrected chi connectivity index (χ4v) is 13.6. The van der Waals surface area contributed by atoms with E-state index in [1.54, 1.807) is 6.08 Å². The molecule has 6 nitrogen and oxygen atoms in total. The highest BCUT2D eigenvalue weighted by Gasteiger charge is 2.18. The number of nitrogens with one attached hydrogen (secondary N) is 1. The summed E-state index contributed by atoms with van der Waals surface area (Å²) in [5.74, 6) is -0.0439.